The summed E-state index contributed by atoms with van der Waals surface area (Å²) < 4.78 is 35.2. The highest BCUT2D eigenvalue weighted by atomic mass is 32.2. The molecule has 6 heteroatoms. The smallest absolute Gasteiger partial charge is 0.238 e. The second kappa shape index (κ2) is 3.55. The van der Waals surface area contributed by atoms with Crippen molar-refractivity contribution in [3.05, 3.63) is 29.6 Å². The van der Waals surface area contributed by atoms with Crippen LogP contribution in [0.15, 0.2) is 23.1 Å². The van der Waals surface area contributed by atoms with E-state index < -0.39 is 21.4 Å². The van der Waals surface area contributed by atoms with Crippen LogP contribution in [0.25, 0.3) is 0 Å². The summed E-state index contributed by atoms with van der Waals surface area (Å²) in [4.78, 5) is -0.312. The quantitative estimate of drug-likeness (QED) is 0.789. The van der Waals surface area contributed by atoms with Gasteiger partial charge in [0.05, 0.1) is 10.5 Å². The highest BCUT2D eigenvalue weighted by molar-refractivity contribution is 7.89. The summed E-state index contributed by atoms with van der Waals surface area (Å²) in [6.45, 7) is 2.81. The Morgan fingerprint density at radius 2 is 1.93 bits per heavy atom. The second-order valence-corrected chi connectivity index (χ2v) is 5.31. The zero-order valence-corrected chi connectivity index (χ0v) is 9.18. The summed E-state index contributed by atoms with van der Waals surface area (Å²) in [7, 11) is -3.91. The van der Waals surface area contributed by atoms with Crippen LogP contribution >= 0.6 is 0 Å². The molecule has 0 unspecified atom stereocenters. The second-order valence-electron chi connectivity index (χ2n) is 3.75. The lowest BCUT2D eigenvalue weighted by Gasteiger charge is -2.18. The van der Waals surface area contributed by atoms with Gasteiger partial charge in [0, 0.05) is 5.56 Å². The number of rotatable bonds is 2. The summed E-state index contributed by atoms with van der Waals surface area (Å²) in [5, 5.41) is 14.4. The molecule has 0 aliphatic carbocycles. The van der Waals surface area contributed by atoms with Gasteiger partial charge in [0.25, 0.3) is 0 Å². The van der Waals surface area contributed by atoms with Gasteiger partial charge in [-0.25, -0.2) is 17.9 Å². The van der Waals surface area contributed by atoms with Crippen LogP contribution in [-0.2, 0) is 15.6 Å². The van der Waals surface area contributed by atoms with E-state index in [2.05, 4.69) is 0 Å². The Hall–Kier alpha value is -0.980. The fourth-order valence-electron chi connectivity index (χ4n) is 1.17. The molecule has 0 bridgehead atoms. The molecule has 1 aromatic rings. The number of hydrogen-bond donors (Lipinski definition) is 2. The number of nitrogens with two attached hydrogens (primary N) is 1. The maximum absolute atomic E-state index is 13.4. The first-order valence-corrected chi connectivity index (χ1v) is 5.72. The van der Waals surface area contributed by atoms with E-state index in [1.165, 1.54) is 19.9 Å². The molecule has 15 heavy (non-hydrogen) atoms. The maximum atomic E-state index is 13.4. The first-order valence-electron chi connectivity index (χ1n) is 4.17. The van der Waals surface area contributed by atoms with E-state index in [0.29, 0.717) is 0 Å². The first-order chi connectivity index (χ1) is 6.62. The predicted molar refractivity (Wildman–Crippen MR) is 53.0 cm³/mol. The molecule has 0 aliphatic rings. The summed E-state index contributed by atoms with van der Waals surface area (Å²) in [6, 6.07) is 3.16. The molecule has 0 aromatic heterocycles. The fraction of sp³-hybridized carbons (Fsp3) is 0.333. The first kappa shape index (κ1) is 12.1. The molecule has 0 saturated heterocycles. The van der Waals surface area contributed by atoms with E-state index in [1.807, 2.05) is 0 Å². The minimum atomic E-state index is -3.91. The molecule has 0 amide bonds. The Morgan fingerprint density at radius 1 is 1.40 bits per heavy atom. The van der Waals surface area contributed by atoms with Crippen molar-refractivity contribution < 1.29 is 17.9 Å². The van der Waals surface area contributed by atoms with Crippen LogP contribution in [-0.4, -0.2) is 13.5 Å². The summed E-state index contributed by atoms with van der Waals surface area (Å²) in [5.41, 5.74) is -1.34. The molecule has 0 saturated carbocycles. The molecule has 0 aliphatic heterocycles. The van der Waals surface area contributed by atoms with Crippen molar-refractivity contribution in [3.8, 4) is 0 Å². The largest absolute Gasteiger partial charge is 0.386 e. The van der Waals surface area contributed by atoms with Crippen molar-refractivity contribution in [3.63, 3.8) is 0 Å². The molecule has 4 nitrogen and oxygen atoms in total. The number of benzene rings is 1. The van der Waals surface area contributed by atoms with Gasteiger partial charge in [-0.05, 0) is 26.0 Å². The zero-order chi connectivity index (χ0) is 11.9. The van der Waals surface area contributed by atoms with Gasteiger partial charge in [0.15, 0.2) is 0 Å². The molecular formula is C9H12FNO3S. The van der Waals surface area contributed by atoms with Gasteiger partial charge in [-0.2, -0.15) is 0 Å². The van der Waals surface area contributed by atoms with Crippen LogP contribution in [0.4, 0.5) is 4.39 Å². The van der Waals surface area contributed by atoms with Crippen molar-refractivity contribution in [2.75, 3.05) is 0 Å². The van der Waals surface area contributed by atoms with Crippen molar-refractivity contribution in [2.24, 2.45) is 5.14 Å². The highest BCUT2D eigenvalue weighted by Crippen LogP contribution is 2.24. The van der Waals surface area contributed by atoms with Crippen LogP contribution < -0.4 is 5.14 Å². The van der Waals surface area contributed by atoms with Crippen LogP contribution in [0, 0.1) is 5.82 Å². The van der Waals surface area contributed by atoms with Gasteiger partial charge >= 0.3 is 0 Å². The molecule has 0 heterocycles. The minimum absolute atomic E-state index is 0.0231. The van der Waals surface area contributed by atoms with Crippen LogP contribution in [0.3, 0.4) is 0 Å². The van der Waals surface area contributed by atoms with Crippen molar-refractivity contribution >= 4 is 10.0 Å². The fourth-order valence-corrected chi connectivity index (χ4v) is 1.69. The van der Waals surface area contributed by atoms with Gasteiger partial charge < -0.3 is 5.11 Å². The lowest BCUT2D eigenvalue weighted by molar-refractivity contribution is 0.0744. The minimum Gasteiger partial charge on any atom is -0.386 e. The van der Waals surface area contributed by atoms with Crippen LogP contribution in [0.2, 0.25) is 0 Å². The van der Waals surface area contributed by atoms with E-state index in [1.54, 1.807) is 0 Å². The monoisotopic (exact) mass is 233 g/mol. The maximum Gasteiger partial charge on any atom is 0.238 e. The summed E-state index contributed by atoms with van der Waals surface area (Å²) >= 11 is 0. The number of halogens is 1. The molecule has 0 radical (unpaired) electrons. The van der Waals surface area contributed by atoms with Gasteiger partial charge in [-0.3, -0.25) is 0 Å². The molecule has 0 spiro atoms. The van der Waals surface area contributed by atoms with E-state index >= 15 is 0 Å². The van der Waals surface area contributed by atoms with E-state index in [9.17, 15) is 17.9 Å². The highest BCUT2D eigenvalue weighted by Gasteiger charge is 2.22. The number of aliphatic hydroxyl groups is 1. The molecule has 84 valence electrons. The number of sulfonamides is 1. The lowest BCUT2D eigenvalue weighted by atomic mass is 9.98. The van der Waals surface area contributed by atoms with Gasteiger partial charge in [-0.1, -0.05) is 6.07 Å². The van der Waals surface area contributed by atoms with Crippen molar-refractivity contribution in [2.45, 2.75) is 24.3 Å². The number of hydrogen-bond acceptors (Lipinski definition) is 3. The third kappa shape index (κ3) is 2.74. The molecule has 1 rings (SSSR count). The Kier molecular flexibility index (Phi) is 2.86. The van der Waals surface area contributed by atoms with Gasteiger partial charge in [-0.15, -0.1) is 0 Å². The molecule has 1 aromatic carbocycles. The zero-order valence-electron chi connectivity index (χ0n) is 8.36. The SMILES string of the molecule is CC(C)(O)c1ccc(S(N)(=O)=O)cc1F. The standard InChI is InChI=1S/C9H12FNO3S/c1-9(2,12)7-4-3-6(5-8(7)10)15(11,13)14/h3-5,12H,1-2H3,(H2,11,13,14). The van der Waals surface area contributed by atoms with E-state index in [-0.39, 0.29) is 10.5 Å². The summed E-state index contributed by atoms with van der Waals surface area (Å²) in [6.07, 6.45) is 0. The van der Waals surface area contributed by atoms with Crippen LogP contribution in [0.1, 0.15) is 19.4 Å². The Balaban J connectivity index is 3.34. The normalized spacial score (nSPS) is 12.9. The molecular weight excluding hydrogens is 221 g/mol. The summed E-state index contributed by atoms with van der Waals surface area (Å²) in [5.74, 6) is -0.797. The molecule has 0 atom stereocenters. The van der Waals surface area contributed by atoms with Gasteiger partial charge in [0.2, 0.25) is 10.0 Å². The van der Waals surface area contributed by atoms with Crippen molar-refractivity contribution in [1.82, 2.24) is 0 Å². The van der Waals surface area contributed by atoms with Gasteiger partial charge in [0.1, 0.15) is 5.82 Å². The lowest BCUT2D eigenvalue weighted by Crippen LogP contribution is -2.19. The average molecular weight is 233 g/mol. The van der Waals surface area contributed by atoms with E-state index in [4.69, 9.17) is 5.14 Å². The third-order valence-corrected chi connectivity index (χ3v) is 2.84. The Morgan fingerprint density at radius 3 is 2.27 bits per heavy atom. The Labute approximate surface area is 87.6 Å². The molecule has 0 fully saturated rings. The van der Waals surface area contributed by atoms with Crippen molar-refractivity contribution in [1.29, 1.82) is 0 Å². The topological polar surface area (TPSA) is 80.4 Å². The number of primary sulfonamides is 1. The predicted octanol–water partition coefficient (Wildman–Crippen LogP) is 0.701. The molecule has 3 N–H and O–H groups in total. The average Bonchev–Trinajstić information content (AvgIpc) is 1.99. The Bertz CT molecular complexity index is 477. The van der Waals surface area contributed by atoms with E-state index in [0.717, 1.165) is 12.1 Å². The third-order valence-electron chi connectivity index (χ3n) is 1.93. The van der Waals surface area contributed by atoms with Crippen LogP contribution in [0.5, 0.6) is 0 Å².